The molecule has 1 aromatic heterocycles. The highest BCUT2D eigenvalue weighted by Crippen LogP contribution is 2.17. The first-order valence-electron chi connectivity index (χ1n) is 5.34. The molecular formula is C11H20N4O. The van der Waals surface area contributed by atoms with E-state index in [-0.39, 0.29) is 11.3 Å². The lowest BCUT2D eigenvalue weighted by Gasteiger charge is -2.25. The zero-order chi connectivity index (χ0) is 12.3. The van der Waals surface area contributed by atoms with Gasteiger partial charge in [-0.25, -0.2) is 0 Å². The van der Waals surface area contributed by atoms with E-state index in [1.165, 1.54) is 0 Å². The van der Waals surface area contributed by atoms with E-state index in [9.17, 15) is 4.79 Å². The van der Waals surface area contributed by atoms with Gasteiger partial charge >= 0.3 is 0 Å². The minimum Gasteiger partial charge on any atom is -0.351 e. The Morgan fingerprint density at radius 2 is 2.25 bits per heavy atom. The van der Waals surface area contributed by atoms with Crippen LogP contribution in [0.5, 0.6) is 0 Å². The number of rotatable bonds is 3. The summed E-state index contributed by atoms with van der Waals surface area (Å²) in [6.07, 6.45) is 1.71. The van der Waals surface area contributed by atoms with Gasteiger partial charge < -0.3 is 11.1 Å². The van der Waals surface area contributed by atoms with Gasteiger partial charge in [-0.2, -0.15) is 5.10 Å². The Hall–Kier alpha value is -1.36. The molecule has 0 bridgehead atoms. The first-order chi connectivity index (χ1) is 7.32. The predicted octanol–water partition coefficient (Wildman–Crippen LogP) is 0.708. The van der Waals surface area contributed by atoms with E-state index in [0.717, 1.165) is 11.3 Å². The molecule has 1 rings (SSSR count). The van der Waals surface area contributed by atoms with E-state index >= 15 is 0 Å². The van der Waals surface area contributed by atoms with Gasteiger partial charge in [0.15, 0.2) is 0 Å². The van der Waals surface area contributed by atoms with Crippen LogP contribution in [0, 0.1) is 12.3 Å². The van der Waals surface area contributed by atoms with Gasteiger partial charge in [-0.05, 0) is 12.3 Å². The standard InChI is InChI=1S/C11H20N4O/c1-7-8(6-14-15-7)5-13-10(16)9(12)11(2,3)4/h6,9H,5,12H2,1-4H3,(H,13,16)(H,14,15)/t9-/m1/s1. The smallest absolute Gasteiger partial charge is 0.237 e. The molecule has 1 atom stereocenters. The van der Waals surface area contributed by atoms with Crippen molar-refractivity contribution in [3.63, 3.8) is 0 Å². The third-order valence-corrected chi connectivity index (χ3v) is 2.60. The van der Waals surface area contributed by atoms with Crippen LogP contribution >= 0.6 is 0 Å². The Balaban J connectivity index is 2.51. The first kappa shape index (κ1) is 12.7. The maximum atomic E-state index is 11.7. The number of hydrogen-bond donors (Lipinski definition) is 3. The van der Waals surface area contributed by atoms with Gasteiger partial charge in [0.1, 0.15) is 0 Å². The van der Waals surface area contributed by atoms with Crippen molar-refractivity contribution in [2.24, 2.45) is 11.1 Å². The third kappa shape index (κ3) is 3.06. The number of amides is 1. The second kappa shape index (κ2) is 4.65. The van der Waals surface area contributed by atoms with E-state index in [1.807, 2.05) is 27.7 Å². The fourth-order valence-corrected chi connectivity index (χ4v) is 1.24. The van der Waals surface area contributed by atoms with Crippen LogP contribution in [-0.4, -0.2) is 22.1 Å². The Kier molecular flexibility index (Phi) is 3.70. The summed E-state index contributed by atoms with van der Waals surface area (Å²) in [5, 5.41) is 9.51. The number of nitrogens with zero attached hydrogens (tertiary/aromatic N) is 1. The van der Waals surface area contributed by atoms with Crippen molar-refractivity contribution in [3.8, 4) is 0 Å². The second-order valence-corrected chi connectivity index (χ2v) is 5.08. The molecular weight excluding hydrogens is 204 g/mol. The highest BCUT2D eigenvalue weighted by Gasteiger charge is 2.27. The van der Waals surface area contributed by atoms with Crippen molar-refractivity contribution in [2.75, 3.05) is 0 Å². The quantitative estimate of drug-likeness (QED) is 0.707. The maximum absolute atomic E-state index is 11.7. The molecule has 0 aliphatic carbocycles. The zero-order valence-electron chi connectivity index (χ0n) is 10.3. The van der Waals surface area contributed by atoms with Crippen molar-refractivity contribution in [1.82, 2.24) is 15.5 Å². The fraction of sp³-hybridized carbons (Fsp3) is 0.636. The molecule has 0 fully saturated rings. The molecule has 0 aromatic carbocycles. The van der Waals surface area contributed by atoms with Crippen molar-refractivity contribution in [2.45, 2.75) is 40.3 Å². The summed E-state index contributed by atoms with van der Waals surface area (Å²) in [6, 6.07) is -0.500. The SMILES string of the molecule is Cc1[nH]ncc1CNC(=O)[C@@H](N)C(C)(C)C. The van der Waals surface area contributed by atoms with Crippen LogP contribution in [-0.2, 0) is 11.3 Å². The molecule has 0 unspecified atom stereocenters. The number of nitrogens with one attached hydrogen (secondary N) is 2. The number of nitrogens with two attached hydrogens (primary N) is 1. The monoisotopic (exact) mass is 224 g/mol. The summed E-state index contributed by atoms with van der Waals surface area (Å²) in [4.78, 5) is 11.7. The summed E-state index contributed by atoms with van der Waals surface area (Å²) in [6.45, 7) is 8.21. The molecule has 16 heavy (non-hydrogen) atoms. The molecule has 0 saturated carbocycles. The summed E-state index contributed by atoms with van der Waals surface area (Å²) in [7, 11) is 0. The second-order valence-electron chi connectivity index (χ2n) is 5.08. The average molecular weight is 224 g/mol. The van der Waals surface area contributed by atoms with E-state index < -0.39 is 6.04 Å². The van der Waals surface area contributed by atoms with E-state index in [1.54, 1.807) is 6.20 Å². The lowest BCUT2D eigenvalue weighted by atomic mass is 9.87. The maximum Gasteiger partial charge on any atom is 0.237 e. The Morgan fingerprint density at radius 1 is 1.62 bits per heavy atom. The minimum atomic E-state index is -0.500. The Labute approximate surface area is 95.8 Å². The third-order valence-electron chi connectivity index (χ3n) is 2.60. The largest absolute Gasteiger partial charge is 0.351 e. The molecule has 5 nitrogen and oxygen atoms in total. The Morgan fingerprint density at radius 3 is 2.69 bits per heavy atom. The molecule has 1 heterocycles. The van der Waals surface area contributed by atoms with Gasteiger partial charge in [-0.1, -0.05) is 20.8 Å². The molecule has 0 radical (unpaired) electrons. The Bertz CT molecular complexity index is 364. The van der Waals surface area contributed by atoms with Gasteiger partial charge in [0, 0.05) is 17.8 Å². The van der Waals surface area contributed by atoms with Crippen LogP contribution in [0.4, 0.5) is 0 Å². The number of aromatic nitrogens is 2. The van der Waals surface area contributed by atoms with Gasteiger partial charge in [0.25, 0.3) is 0 Å². The van der Waals surface area contributed by atoms with Crippen LogP contribution in [0.3, 0.4) is 0 Å². The topological polar surface area (TPSA) is 83.8 Å². The van der Waals surface area contributed by atoms with Crippen molar-refractivity contribution in [1.29, 1.82) is 0 Å². The molecule has 0 saturated heterocycles. The summed E-state index contributed by atoms with van der Waals surface area (Å²) < 4.78 is 0. The highest BCUT2D eigenvalue weighted by atomic mass is 16.2. The number of aryl methyl sites for hydroxylation is 1. The molecule has 4 N–H and O–H groups in total. The molecule has 0 aliphatic heterocycles. The van der Waals surface area contributed by atoms with E-state index in [0.29, 0.717) is 6.54 Å². The number of hydrogen-bond acceptors (Lipinski definition) is 3. The molecule has 5 heteroatoms. The summed E-state index contributed by atoms with van der Waals surface area (Å²) in [5.41, 5.74) is 7.55. The molecule has 1 aromatic rings. The van der Waals surface area contributed by atoms with E-state index in [4.69, 9.17) is 5.73 Å². The molecule has 0 aliphatic rings. The van der Waals surface area contributed by atoms with Crippen molar-refractivity contribution < 1.29 is 4.79 Å². The van der Waals surface area contributed by atoms with Crippen molar-refractivity contribution >= 4 is 5.91 Å². The van der Waals surface area contributed by atoms with Crippen molar-refractivity contribution in [3.05, 3.63) is 17.5 Å². The van der Waals surface area contributed by atoms with Gasteiger partial charge in [-0.3, -0.25) is 9.89 Å². The minimum absolute atomic E-state index is 0.131. The number of carbonyl (C=O) groups excluding carboxylic acids is 1. The summed E-state index contributed by atoms with van der Waals surface area (Å²) >= 11 is 0. The van der Waals surface area contributed by atoms with Crippen LogP contribution in [0.25, 0.3) is 0 Å². The van der Waals surface area contributed by atoms with Crippen LogP contribution < -0.4 is 11.1 Å². The van der Waals surface area contributed by atoms with Gasteiger partial charge in [0.2, 0.25) is 5.91 Å². The lowest BCUT2D eigenvalue weighted by Crippen LogP contribution is -2.48. The van der Waals surface area contributed by atoms with Gasteiger partial charge in [-0.15, -0.1) is 0 Å². The predicted molar refractivity (Wildman–Crippen MR) is 62.6 cm³/mol. The number of aromatic amines is 1. The number of carbonyl (C=O) groups is 1. The average Bonchev–Trinajstić information content (AvgIpc) is 2.58. The number of H-pyrrole nitrogens is 1. The lowest BCUT2D eigenvalue weighted by molar-refractivity contribution is -0.124. The molecule has 1 amide bonds. The first-order valence-corrected chi connectivity index (χ1v) is 5.34. The normalized spacial score (nSPS) is 13.6. The van der Waals surface area contributed by atoms with E-state index in [2.05, 4.69) is 15.5 Å². The van der Waals surface area contributed by atoms with Crippen LogP contribution in [0.2, 0.25) is 0 Å². The molecule has 0 spiro atoms. The van der Waals surface area contributed by atoms with Gasteiger partial charge in [0.05, 0.1) is 12.2 Å². The van der Waals surface area contributed by atoms with Crippen LogP contribution in [0.1, 0.15) is 32.0 Å². The zero-order valence-corrected chi connectivity index (χ0v) is 10.3. The molecule has 90 valence electrons. The highest BCUT2D eigenvalue weighted by molar-refractivity contribution is 5.82. The fourth-order valence-electron chi connectivity index (χ4n) is 1.24. The summed E-state index contributed by atoms with van der Waals surface area (Å²) in [5.74, 6) is -0.131. The van der Waals surface area contributed by atoms with Crippen LogP contribution in [0.15, 0.2) is 6.20 Å².